The molecule has 1 aliphatic rings. The number of hydrogen-bond acceptors (Lipinski definition) is 4. The van der Waals surface area contributed by atoms with Crippen LogP contribution in [-0.4, -0.2) is 51.8 Å². The van der Waals surface area contributed by atoms with Gasteiger partial charge in [0.1, 0.15) is 5.82 Å². The van der Waals surface area contributed by atoms with Crippen LogP contribution in [0.2, 0.25) is 0 Å². The van der Waals surface area contributed by atoms with Crippen LogP contribution in [-0.2, 0) is 11.3 Å². The highest BCUT2D eigenvalue weighted by Gasteiger charge is 2.28. The highest BCUT2D eigenvalue weighted by molar-refractivity contribution is 7.71. The van der Waals surface area contributed by atoms with Crippen LogP contribution in [0.3, 0.4) is 0 Å². The second-order valence-electron chi connectivity index (χ2n) is 5.67. The fourth-order valence-electron chi connectivity index (χ4n) is 1.97. The van der Waals surface area contributed by atoms with Crippen molar-refractivity contribution in [2.24, 2.45) is 0 Å². The molecule has 1 heterocycles. The maximum absolute atomic E-state index is 11.8. The Morgan fingerprint density at radius 1 is 1.60 bits per heavy atom. The Hall–Kier alpha value is -1.21. The van der Waals surface area contributed by atoms with Gasteiger partial charge in [0.25, 0.3) is 0 Å². The van der Waals surface area contributed by atoms with Gasteiger partial charge in [-0.1, -0.05) is 0 Å². The molecule has 6 nitrogen and oxygen atoms in total. The number of nitrogens with one attached hydrogen (secondary N) is 2. The summed E-state index contributed by atoms with van der Waals surface area (Å²) in [7, 11) is 1.95. The Morgan fingerprint density at radius 3 is 2.90 bits per heavy atom. The molecule has 0 radical (unpaired) electrons. The van der Waals surface area contributed by atoms with Crippen LogP contribution < -0.4 is 5.32 Å². The van der Waals surface area contributed by atoms with Crippen molar-refractivity contribution < 1.29 is 4.79 Å². The Morgan fingerprint density at radius 2 is 2.30 bits per heavy atom. The van der Waals surface area contributed by atoms with Crippen LogP contribution in [0.1, 0.15) is 38.4 Å². The van der Waals surface area contributed by atoms with Gasteiger partial charge in [-0.15, -0.1) is 0 Å². The van der Waals surface area contributed by atoms with E-state index in [0.717, 1.165) is 5.82 Å². The summed E-state index contributed by atoms with van der Waals surface area (Å²) >= 11 is 5.23. The lowest BCUT2D eigenvalue weighted by molar-refractivity contribution is -0.122. The van der Waals surface area contributed by atoms with Gasteiger partial charge in [-0.3, -0.25) is 14.8 Å². The minimum Gasteiger partial charge on any atom is -0.353 e. The van der Waals surface area contributed by atoms with Gasteiger partial charge in [-0.05, 0) is 46.0 Å². The average Bonchev–Trinajstić information content (AvgIpc) is 3.15. The van der Waals surface area contributed by atoms with E-state index < -0.39 is 0 Å². The molecule has 1 aliphatic carbocycles. The van der Waals surface area contributed by atoms with E-state index in [0.29, 0.717) is 36.4 Å². The van der Waals surface area contributed by atoms with E-state index in [1.165, 1.54) is 12.8 Å². The van der Waals surface area contributed by atoms with Crippen LogP contribution in [0, 0.1) is 4.77 Å². The number of amides is 1. The first kappa shape index (κ1) is 15.2. The largest absolute Gasteiger partial charge is 0.353 e. The van der Waals surface area contributed by atoms with E-state index >= 15 is 0 Å². The normalized spacial score (nSPS) is 15.1. The van der Waals surface area contributed by atoms with Gasteiger partial charge in [-0.2, -0.15) is 5.10 Å². The number of carbonyl (C=O) groups is 1. The SMILES string of the molecule is CC(C)N(C)CC(=O)NCCn1c(C2CC2)n[nH]c1=S. The van der Waals surface area contributed by atoms with Gasteiger partial charge in [0, 0.05) is 25.0 Å². The summed E-state index contributed by atoms with van der Waals surface area (Å²) in [6, 6.07) is 0.365. The van der Waals surface area contributed by atoms with Crippen molar-refractivity contribution in [1.82, 2.24) is 25.0 Å². The summed E-state index contributed by atoms with van der Waals surface area (Å²) in [4.78, 5) is 13.8. The van der Waals surface area contributed by atoms with E-state index in [1.807, 2.05) is 16.5 Å². The van der Waals surface area contributed by atoms with Crippen molar-refractivity contribution >= 4 is 18.1 Å². The third-order valence-corrected chi connectivity index (χ3v) is 3.97. The molecule has 2 N–H and O–H groups in total. The quantitative estimate of drug-likeness (QED) is 0.744. The zero-order chi connectivity index (χ0) is 14.7. The fraction of sp³-hybridized carbons (Fsp3) is 0.769. The first-order valence-electron chi connectivity index (χ1n) is 7.11. The van der Waals surface area contributed by atoms with Crippen LogP contribution in [0.4, 0.5) is 0 Å². The van der Waals surface area contributed by atoms with E-state index in [9.17, 15) is 4.79 Å². The van der Waals surface area contributed by atoms with Gasteiger partial charge in [0.05, 0.1) is 6.54 Å². The molecule has 0 unspecified atom stereocenters. The molecule has 0 aromatic carbocycles. The number of hydrogen-bond donors (Lipinski definition) is 2. The average molecular weight is 297 g/mol. The number of aromatic nitrogens is 3. The van der Waals surface area contributed by atoms with Crippen molar-refractivity contribution in [3.63, 3.8) is 0 Å². The molecule has 0 spiro atoms. The first-order valence-corrected chi connectivity index (χ1v) is 7.52. The molecule has 0 saturated heterocycles. The minimum atomic E-state index is 0.0455. The summed E-state index contributed by atoms with van der Waals surface area (Å²) in [5.74, 6) is 1.62. The Bertz CT molecular complexity index is 517. The topological polar surface area (TPSA) is 66.0 Å². The zero-order valence-corrected chi connectivity index (χ0v) is 13.2. The van der Waals surface area contributed by atoms with Crippen LogP contribution in [0.15, 0.2) is 0 Å². The van der Waals surface area contributed by atoms with E-state index in [4.69, 9.17) is 12.2 Å². The van der Waals surface area contributed by atoms with Gasteiger partial charge >= 0.3 is 0 Å². The summed E-state index contributed by atoms with van der Waals surface area (Å²) in [5.41, 5.74) is 0. The zero-order valence-electron chi connectivity index (χ0n) is 12.3. The number of rotatable bonds is 7. The van der Waals surface area contributed by atoms with Crippen molar-refractivity contribution in [1.29, 1.82) is 0 Å². The molecule has 1 aromatic rings. The van der Waals surface area contributed by atoms with Crippen molar-refractivity contribution in [3.8, 4) is 0 Å². The van der Waals surface area contributed by atoms with E-state index in [2.05, 4.69) is 29.4 Å². The second-order valence-corrected chi connectivity index (χ2v) is 6.06. The maximum atomic E-state index is 11.8. The van der Waals surface area contributed by atoms with Crippen molar-refractivity contribution in [2.75, 3.05) is 20.1 Å². The van der Waals surface area contributed by atoms with E-state index in [1.54, 1.807) is 0 Å². The highest BCUT2D eigenvalue weighted by Crippen LogP contribution is 2.38. The molecule has 1 fully saturated rings. The molecule has 2 rings (SSSR count). The molecular weight excluding hydrogens is 274 g/mol. The fourth-order valence-corrected chi connectivity index (χ4v) is 2.20. The number of H-pyrrole nitrogens is 1. The standard InChI is InChI=1S/C13H23N5OS/c1-9(2)17(3)8-11(19)14-6-7-18-12(10-4-5-10)15-16-13(18)20/h9-10H,4-8H2,1-3H3,(H,14,19)(H,16,20). The Balaban J connectivity index is 1.80. The molecule has 0 bridgehead atoms. The number of nitrogens with zero attached hydrogens (tertiary/aromatic N) is 3. The number of carbonyl (C=O) groups excluding carboxylic acids is 1. The summed E-state index contributed by atoms with van der Waals surface area (Å²) < 4.78 is 2.64. The third kappa shape index (κ3) is 3.89. The first-order chi connectivity index (χ1) is 9.49. The highest BCUT2D eigenvalue weighted by atomic mass is 32.1. The predicted molar refractivity (Wildman–Crippen MR) is 80.2 cm³/mol. The number of aromatic amines is 1. The van der Waals surface area contributed by atoms with Gasteiger partial charge in [0.2, 0.25) is 5.91 Å². The van der Waals surface area contributed by atoms with Crippen molar-refractivity contribution in [2.45, 2.75) is 45.2 Å². The summed E-state index contributed by atoms with van der Waals surface area (Å²) in [6.45, 7) is 5.82. The number of likely N-dealkylation sites (N-methyl/N-ethyl adjacent to an activating group) is 1. The van der Waals surface area contributed by atoms with Crippen molar-refractivity contribution in [3.05, 3.63) is 10.6 Å². The molecule has 1 saturated carbocycles. The molecule has 0 aliphatic heterocycles. The summed E-state index contributed by atoms with van der Waals surface area (Å²) in [5, 5.41) is 10.0. The lowest BCUT2D eigenvalue weighted by Crippen LogP contribution is -2.39. The van der Waals surface area contributed by atoms with Crippen LogP contribution >= 0.6 is 12.2 Å². The van der Waals surface area contributed by atoms with E-state index in [-0.39, 0.29) is 5.91 Å². The van der Waals surface area contributed by atoms with Gasteiger partial charge < -0.3 is 9.88 Å². The summed E-state index contributed by atoms with van der Waals surface area (Å²) in [6.07, 6.45) is 2.37. The minimum absolute atomic E-state index is 0.0455. The Labute approximate surface area is 124 Å². The lowest BCUT2D eigenvalue weighted by atomic mass is 10.3. The molecule has 20 heavy (non-hydrogen) atoms. The molecule has 1 aromatic heterocycles. The molecular formula is C13H23N5OS. The molecule has 0 atom stereocenters. The molecule has 7 heteroatoms. The maximum Gasteiger partial charge on any atom is 0.234 e. The van der Waals surface area contributed by atoms with Gasteiger partial charge in [-0.25, -0.2) is 0 Å². The van der Waals surface area contributed by atoms with Crippen LogP contribution in [0.5, 0.6) is 0 Å². The monoisotopic (exact) mass is 297 g/mol. The second kappa shape index (κ2) is 6.49. The predicted octanol–water partition coefficient (Wildman–Crippen LogP) is 1.27. The van der Waals surface area contributed by atoms with Crippen LogP contribution in [0.25, 0.3) is 0 Å². The molecule has 112 valence electrons. The third-order valence-electron chi connectivity index (χ3n) is 3.66. The smallest absolute Gasteiger partial charge is 0.234 e. The lowest BCUT2D eigenvalue weighted by Gasteiger charge is -2.20. The van der Waals surface area contributed by atoms with Gasteiger partial charge in [0.15, 0.2) is 4.77 Å². The molecule has 1 amide bonds. The Kier molecular flexibility index (Phi) is 4.93.